The number of carbonyl (C=O) groups excluding carboxylic acids is 1. The van der Waals surface area contributed by atoms with Gasteiger partial charge in [-0.05, 0) is 36.4 Å². The Morgan fingerprint density at radius 1 is 0.966 bits per heavy atom. The number of fused-ring (bicyclic) bond motifs is 1. The van der Waals surface area contributed by atoms with E-state index >= 15 is 0 Å². The van der Waals surface area contributed by atoms with Gasteiger partial charge in [-0.1, -0.05) is 0 Å². The Morgan fingerprint density at radius 3 is 2.66 bits per heavy atom. The molecule has 0 saturated heterocycles. The van der Waals surface area contributed by atoms with Crippen molar-refractivity contribution in [3.05, 3.63) is 60.4 Å². The molecule has 0 fully saturated rings. The summed E-state index contributed by atoms with van der Waals surface area (Å²) < 4.78 is 21.2. The van der Waals surface area contributed by atoms with Crippen LogP contribution in [0.3, 0.4) is 0 Å². The highest BCUT2D eigenvalue weighted by Gasteiger charge is 2.15. The molecule has 1 aliphatic heterocycles. The van der Waals surface area contributed by atoms with E-state index in [1.165, 1.54) is 0 Å². The number of ether oxygens (including phenoxy) is 4. The molecule has 1 aromatic heterocycles. The van der Waals surface area contributed by atoms with Crippen molar-refractivity contribution in [3.63, 3.8) is 0 Å². The maximum atomic E-state index is 12.6. The van der Waals surface area contributed by atoms with Gasteiger partial charge in [0.1, 0.15) is 17.2 Å². The van der Waals surface area contributed by atoms with Gasteiger partial charge in [0.15, 0.2) is 11.5 Å². The minimum atomic E-state index is -0.342. The first-order chi connectivity index (χ1) is 14.2. The van der Waals surface area contributed by atoms with Gasteiger partial charge in [-0.2, -0.15) is 0 Å². The number of methoxy groups -OCH3 is 2. The van der Waals surface area contributed by atoms with Crippen LogP contribution in [0.1, 0.15) is 10.5 Å². The molecule has 0 atom stereocenters. The lowest BCUT2D eigenvalue weighted by atomic mass is 10.2. The van der Waals surface area contributed by atoms with E-state index in [1.807, 2.05) is 6.07 Å². The quantitative estimate of drug-likeness (QED) is 0.658. The van der Waals surface area contributed by atoms with Gasteiger partial charge in [0.05, 0.1) is 19.9 Å². The van der Waals surface area contributed by atoms with E-state index in [1.54, 1.807) is 62.9 Å². The molecule has 0 spiro atoms. The summed E-state index contributed by atoms with van der Waals surface area (Å²) in [5.74, 6) is 2.23. The molecular weight excluding hydrogens is 374 g/mol. The molecule has 2 heterocycles. The van der Waals surface area contributed by atoms with Crippen LogP contribution in [0, 0.1) is 0 Å². The Kier molecular flexibility index (Phi) is 5.07. The third-order valence-corrected chi connectivity index (χ3v) is 4.31. The van der Waals surface area contributed by atoms with Crippen molar-refractivity contribution in [3.8, 4) is 23.0 Å². The number of nitrogens with zero attached hydrogens (tertiary/aromatic N) is 1. The third-order valence-electron chi connectivity index (χ3n) is 4.31. The van der Waals surface area contributed by atoms with Gasteiger partial charge in [-0.25, -0.2) is 0 Å². The first-order valence-electron chi connectivity index (χ1n) is 8.82. The van der Waals surface area contributed by atoms with Crippen LogP contribution in [-0.4, -0.2) is 31.9 Å². The molecule has 29 heavy (non-hydrogen) atoms. The summed E-state index contributed by atoms with van der Waals surface area (Å²) in [6.07, 6.45) is 1.56. The number of pyridine rings is 1. The second kappa shape index (κ2) is 7.97. The summed E-state index contributed by atoms with van der Waals surface area (Å²) in [4.78, 5) is 16.8. The van der Waals surface area contributed by atoms with Crippen LogP contribution in [-0.2, 0) is 0 Å². The lowest BCUT2D eigenvalue weighted by molar-refractivity contribution is 0.102. The molecule has 0 radical (unpaired) electrons. The first-order valence-corrected chi connectivity index (χ1v) is 8.82. The maximum absolute atomic E-state index is 12.6. The molecule has 0 bridgehead atoms. The Balaban J connectivity index is 1.52. The second-order valence-corrected chi connectivity index (χ2v) is 6.14. The van der Waals surface area contributed by atoms with Gasteiger partial charge < -0.3 is 29.6 Å². The number of aromatic nitrogens is 1. The van der Waals surface area contributed by atoms with Crippen molar-refractivity contribution in [2.75, 3.05) is 31.6 Å². The average Bonchev–Trinajstić information content (AvgIpc) is 3.21. The smallest absolute Gasteiger partial charge is 0.274 e. The normalized spacial score (nSPS) is 11.7. The summed E-state index contributed by atoms with van der Waals surface area (Å²) in [7, 11) is 3.18. The molecule has 148 valence electrons. The predicted octanol–water partition coefficient (Wildman–Crippen LogP) is 3.82. The zero-order valence-electron chi connectivity index (χ0n) is 15.9. The summed E-state index contributed by atoms with van der Waals surface area (Å²) in [5.41, 5.74) is 2.24. The lowest BCUT2D eigenvalue weighted by Gasteiger charge is -2.13. The van der Waals surface area contributed by atoms with Crippen LogP contribution >= 0.6 is 0 Å². The average molecular weight is 393 g/mol. The highest BCUT2D eigenvalue weighted by atomic mass is 16.7. The Hall–Kier alpha value is -3.94. The second-order valence-electron chi connectivity index (χ2n) is 6.14. The molecular formula is C21H19N3O5. The number of nitrogens with one attached hydrogen (secondary N) is 2. The van der Waals surface area contributed by atoms with Gasteiger partial charge in [-0.15, -0.1) is 0 Å². The molecule has 8 nitrogen and oxygen atoms in total. The number of hydrogen-bond donors (Lipinski definition) is 2. The number of rotatable bonds is 6. The van der Waals surface area contributed by atoms with Crippen LogP contribution in [0.5, 0.6) is 23.0 Å². The van der Waals surface area contributed by atoms with E-state index in [0.29, 0.717) is 40.1 Å². The Bertz CT molecular complexity index is 1050. The van der Waals surface area contributed by atoms with Crippen molar-refractivity contribution >= 4 is 23.0 Å². The Labute approximate surface area is 167 Å². The number of anilines is 3. The van der Waals surface area contributed by atoms with Gasteiger partial charge in [0.2, 0.25) is 6.79 Å². The molecule has 0 saturated carbocycles. The molecule has 2 aromatic carbocycles. The van der Waals surface area contributed by atoms with Crippen LogP contribution in [0.4, 0.5) is 17.1 Å². The van der Waals surface area contributed by atoms with Crippen molar-refractivity contribution in [2.24, 2.45) is 0 Å². The fourth-order valence-corrected chi connectivity index (χ4v) is 2.87. The predicted molar refractivity (Wildman–Crippen MR) is 108 cm³/mol. The van der Waals surface area contributed by atoms with E-state index in [2.05, 4.69) is 15.6 Å². The van der Waals surface area contributed by atoms with Crippen molar-refractivity contribution in [1.82, 2.24) is 4.98 Å². The van der Waals surface area contributed by atoms with Crippen LogP contribution < -0.4 is 29.6 Å². The first kappa shape index (κ1) is 18.4. The minimum absolute atomic E-state index is 0.176. The zero-order chi connectivity index (χ0) is 20.2. The topological polar surface area (TPSA) is 90.9 Å². The fourth-order valence-electron chi connectivity index (χ4n) is 2.87. The largest absolute Gasteiger partial charge is 0.497 e. The highest BCUT2D eigenvalue weighted by molar-refractivity contribution is 6.03. The molecule has 0 aliphatic carbocycles. The molecule has 3 aromatic rings. The summed E-state index contributed by atoms with van der Waals surface area (Å²) in [6.45, 7) is 0.176. The maximum Gasteiger partial charge on any atom is 0.274 e. The summed E-state index contributed by atoms with van der Waals surface area (Å²) in [5, 5.41) is 6.04. The van der Waals surface area contributed by atoms with E-state index in [4.69, 9.17) is 18.9 Å². The highest BCUT2D eigenvalue weighted by Crippen LogP contribution is 2.34. The van der Waals surface area contributed by atoms with Crippen molar-refractivity contribution < 1.29 is 23.7 Å². The number of benzene rings is 2. The van der Waals surface area contributed by atoms with E-state index in [9.17, 15) is 4.79 Å². The van der Waals surface area contributed by atoms with E-state index in [-0.39, 0.29) is 18.4 Å². The monoisotopic (exact) mass is 393 g/mol. The fraction of sp³-hybridized carbons (Fsp3) is 0.143. The van der Waals surface area contributed by atoms with Crippen molar-refractivity contribution in [2.45, 2.75) is 0 Å². The van der Waals surface area contributed by atoms with Gasteiger partial charge in [-0.3, -0.25) is 9.78 Å². The van der Waals surface area contributed by atoms with Gasteiger partial charge in [0, 0.05) is 29.7 Å². The molecule has 1 aliphatic rings. The van der Waals surface area contributed by atoms with E-state index in [0.717, 1.165) is 0 Å². The number of hydrogen-bond acceptors (Lipinski definition) is 7. The molecule has 4 rings (SSSR count). The van der Waals surface area contributed by atoms with Crippen LogP contribution in [0.25, 0.3) is 0 Å². The molecule has 0 unspecified atom stereocenters. The van der Waals surface area contributed by atoms with Crippen molar-refractivity contribution in [1.29, 1.82) is 0 Å². The number of carbonyl (C=O) groups is 1. The molecule has 1 amide bonds. The minimum Gasteiger partial charge on any atom is -0.497 e. The zero-order valence-corrected chi connectivity index (χ0v) is 15.9. The SMILES string of the molecule is COc1ccc(OC)c(Nc2ccnc(C(=O)Nc3ccc4c(c3)OCO4)c2)c1. The summed E-state index contributed by atoms with van der Waals surface area (Å²) in [6, 6.07) is 14.0. The molecule has 8 heteroatoms. The number of amides is 1. The van der Waals surface area contributed by atoms with Gasteiger partial charge in [0.25, 0.3) is 5.91 Å². The Morgan fingerprint density at radius 2 is 1.83 bits per heavy atom. The van der Waals surface area contributed by atoms with Crippen LogP contribution in [0.2, 0.25) is 0 Å². The van der Waals surface area contributed by atoms with Gasteiger partial charge >= 0.3 is 0 Å². The lowest BCUT2D eigenvalue weighted by Crippen LogP contribution is -2.13. The standard InChI is InChI=1S/C21H19N3O5/c1-26-15-4-6-18(27-2)16(11-15)23-14-7-8-22-17(9-14)21(25)24-13-3-5-19-20(10-13)29-12-28-19/h3-11H,12H2,1-2H3,(H,22,23)(H,24,25). The third kappa shape index (κ3) is 4.01. The molecule has 2 N–H and O–H groups in total. The van der Waals surface area contributed by atoms with E-state index < -0.39 is 0 Å². The van der Waals surface area contributed by atoms with Crippen LogP contribution in [0.15, 0.2) is 54.7 Å². The summed E-state index contributed by atoms with van der Waals surface area (Å²) >= 11 is 0.